The van der Waals surface area contributed by atoms with Crippen LogP contribution in [0.1, 0.15) is 93.3 Å². The molecule has 240 valence electrons. The van der Waals surface area contributed by atoms with Crippen LogP contribution in [0.15, 0.2) is 65.1 Å². The summed E-state index contributed by atoms with van der Waals surface area (Å²) >= 11 is 0. The Labute approximate surface area is 265 Å². The first-order chi connectivity index (χ1) is 21.1. The van der Waals surface area contributed by atoms with E-state index in [-0.39, 0.29) is 48.2 Å². The highest BCUT2D eigenvalue weighted by Gasteiger charge is 2.42. The van der Waals surface area contributed by atoms with Gasteiger partial charge in [-0.2, -0.15) is 0 Å². The molecule has 1 atom stereocenters. The van der Waals surface area contributed by atoms with Gasteiger partial charge < -0.3 is 19.5 Å². The Kier molecular flexibility index (Phi) is 9.90. The van der Waals surface area contributed by atoms with E-state index in [0.717, 1.165) is 16.7 Å². The van der Waals surface area contributed by atoms with Gasteiger partial charge in [-0.3, -0.25) is 14.2 Å². The number of rotatable bonds is 12. The molecule has 0 aliphatic carbocycles. The van der Waals surface area contributed by atoms with Gasteiger partial charge in [0.05, 0.1) is 11.8 Å². The van der Waals surface area contributed by atoms with E-state index >= 15 is 0 Å². The summed E-state index contributed by atoms with van der Waals surface area (Å²) < 4.78 is 7.14. The van der Waals surface area contributed by atoms with Crippen molar-refractivity contribution in [2.24, 2.45) is 11.3 Å². The lowest BCUT2D eigenvalue weighted by molar-refractivity contribution is -0.141. The van der Waals surface area contributed by atoms with Crippen molar-refractivity contribution >= 4 is 11.7 Å². The molecule has 1 amide bonds. The molecule has 0 spiro atoms. The molecule has 0 aliphatic rings. The largest absolute Gasteiger partial charge is 0.494 e. The molecule has 2 aromatic carbocycles. The highest BCUT2D eigenvalue weighted by atomic mass is 16.4. The van der Waals surface area contributed by atoms with Gasteiger partial charge in [0.2, 0.25) is 17.6 Å². The third kappa shape index (κ3) is 8.01. The van der Waals surface area contributed by atoms with E-state index in [0.29, 0.717) is 24.3 Å². The fourth-order valence-corrected chi connectivity index (χ4v) is 5.57. The summed E-state index contributed by atoms with van der Waals surface area (Å²) in [5, 5.41) is 30.5. The summed E-state index contributed by atoms with van der Waals surface area (Å²) in [6.45, 7) is 15.3. The maximum absolute atomic E-state index is 14.6. The Balaban J connectivity index is 1.66. The lowest BCUT2D eigenvalue weighted by atomic mass is 9.85. The standard InChI is InChI=1S/C36H46N4O5/c1-23(2)17-27-21-30(41)40(33(27)43)28(19-25-14-10-9-11-15-25)34(44)39(35(4,5)6)22-36(7,8)31(42)32-38-37-29(45-32)20-26-16-12-13-24(3)18-26/h9-16,18,21,23,28,41,43H,17,19-20,22H2,1-8H3. The van der Waals surface area contributed by atoms with E-state index < -0.39 is 17.0 Å². The molecule has 9 nitrogen and oxygen atoms in total. The van der Waals surface area contributed by atoms with E-state index in [4.69, 9.17) is 4.42 Å². The van der Waals surface area contributed by atoms with Gasteiger partial charge in [0.1, 0.15) is 6.04 Å². The molecule has 2 aromatic heterocycles. The first kappa shape index (κ1) is 33.5. The third-order valence-corrected chi connectivity index (χ3v) is 7.91. The second-order valence-corrected chi connectivity index (χ2v) is 14.0. The van der Waals surface area contributed by atoms with Gasteiger partial charge in [0.25, 0.3) is 5.89 Å². The fraction of sp³-hybridized carbons (Fsp3) is 0.444. The molecule has 0 fully saturated rings. The number of ketones is 1. The summed E-state index contributed by atoms with van der Waals surface area (Å²) in [7, 11) is 0. The predicted octanol–water partition coefficient (Wildman–Crippen LogP) is 6.70. The van der Waals surface area contributed by atoms with Gasteiger partial charge in [-0.05, 0) is 51.2 Å². The zero-order valence-corrected chi connectivity index (χ0v) is 27.7. The summed E-state index contributed by atoms with van der Waals surface area (Å²) in [5.74, 6) is -0.575. The second kappa shape index (κ2) is 13.3. The Bertz CT molecular complexity index is 1630. The van der Waals surface area contributed by atoms with Crippen molar-refractivity contribution in [2.45, 2.75) is 86.2 Å². The Hall–Kier alpha value is -4.40. The van der Waals surface area contributed by atoms with Gasteiger partial charge in [-0.25, -0.2) is 0 Å². The van der Waals surface area contributed by atoms with Crippen molar-refractivity contribution in [1.82, 2.24) is 19.7 Å². The predicted molar refractivity (Wildman–Crippen MR) is 173 cm³/mol. The average Bonchev–Trinajstić information content (AvgIpc) is 3.52. The van der Waals surface area contributed by atoms with Crippen molar-refractivity contribution in [1.29, 1.82) is 0 Å². The van der Waals surface area contributed by atoms with E-state index in [2.05, 4.69) is 10.2 Å². The van der Waals surface area contributed by atoms with Crippen molar-refractivity contribution in [3.63, 3.8) is 0 Å². The number of hydrogen-bond acceptors (Lipinski definition) is 7. The number of nitrogens with zero attached hydrogens (tertiary/aromatic N) is 4. The van der Waals surface area contributed by atoms with Gasteiger partial charge in [0, 0.05) is 30.1 Å². The van der Waals surface area contributed by atoms with E-state index in [1.807, 2.05) is 96.1 Å². The minimum Gasteiger partial charge on any atom is -0.494 e. The van der Waals surface area contributed by atoms with Crippen molar-refractivity contribution in [3.05, 3.63) is 94.7 Å². The van der Waals surface area contributed by atoms with Gasteiger partial charge in [-0.15, -0.1) is 10.2 Å². The lowest BCUT2D eigenvalue weighted by Crippen LogP contribution is -2.53. The van der Waals surface area contributed by atoms with Crippen LogP contribution in [-0.4, -0.2) is 53.7 Å². The monoisotopic (exact) mass is 614 g/mol. The highest BCUT2D eigenvalue weighted by molar-refractivity contribution is 5.96. The van der Waals surface area contributed by atoms with Crippen LogP contribution >= 0.6 is 0 Å². The van der Waals surface area contributed by atoms with E-state index in [1.165, 1.54) is 10.6 Å². The fourth-order valence-electron chi connectivity index (χ4n) is 5.57. The molecule has 0 saturated heterocycles. The molecule has 1 unspecified atom stereocenters. The first-order valence-electron chi connectivity index (χ1n) is 15.5. The SMILES string of the molecule is Cc1cccc(Cc2nnc(C(=O)C(C)(C)CN(C(=O)C(Cc3ccccc3)n3c(O)cc(CC(C)C)c3O)C(C)(C)C)o2)c1. The van der Waals surface area contributed by atoms with Crippen LogP contribution in [0.5, 0.6) is 11.8 Å². The second-order valence-electron chi connectivity index (χ2n) is 14.0. The molecule has 4 rings (SSSR count). The molecule has 2 N–H and O–H groups in total. The highest BCUT2D eigenvalue weighted by Crippen LogP contribution is 2.37. The smallest absolute Gasteiger partial charge is 0.284 e. The molecule has 2 heterocycles. The van der Waals surface area contributed by atoms with Crippen molar-refractivity contribution in [2.75, 3.05) is 6.54 Å². The Morgan fingerprint density at radius 3 is 2.20 bits per heavy atom. The Morgan fingerprint density at radius 1 is 0.911 bits per heavy atom. The molecule has 4 aromatic rings. The molecule has 0 saturated carbocycles. The zero-order chi connectivity index (χ0) is 33.1. The molecule has 0 bridgehead atoms. The van der Waals surface area contributed by atoms with Crippen molar-refractivity contribution < 1.29 is 24.2 Å². The molecule has 0 aliphatic heterocycles. The number of amides is 1. The summed E-state index contributed by atoms with van der Waals surface area (Å²) in [6.07, 6.45) is 1.17. The van der Waals surface area contributed by atoms with Gasteiger partial charge >= 0.3 is 0 Å². The molecular weight excluding hydrogens is 568 g/mol. The maximum atomic E-state index is 14.6. The van der Waals surface area contributed by atoms with Crippen LogP contribution in [-0.2, 0) is 24.1 Å². The van der Waals surface area contributed by atoms with E-state index in [1.54, 1.807) is 18.7 Å². The molecular formula is C36H46N4O5. The summed E-state index contributed by atoms with van der Waals surface area (Å²) in [4.78, 5) is 30.1. The maximum Gasteiger partial charge on any atom is 0.284 e. The third-order valence-electron chi connectivity index (χ3n) is 7.91. The summed E-state index contributed by atoms with van der Waals surface area (Å²) in [6, 6.07) is 18.0. The average molecular weight is 615 g/mol. The number of aromatic nitrogens is 3. The number of carbonyl (C=O) groups is 2. The number of aromatic hydroxyl groups is 2. The minimum absolute atomic E-state index is 0.0384. The van der Waals surface area contributed by atoms with Crippen LogP contribution in [0, 0.1) is 18.3 Å². The molecule has 45 heavy (non-hydrogen) atoms. The minimum atomic E-state index is -1.10. The Morgan fingerprint density at radius 2 is 1.58 bits per heavy atom. The topological polar surface area (TPSA) is 122 Å². The number of carbonyl (C=O) groups excluding carboxylic acids is 2. The first-order valence-corrected chi connectivity index (χ1v) is 15.5. The molecule has 9 heteroatoms. The van der Waals surface area contributed by atoms with E-state index in [9.17, 15) is 19.8 Å². The normalized spacial score (nSPS) is 12.8. The summed E-state index contributed by atoms with van der Waals surface area (Å²) in [5.41, 5.74) is 1.73. The van der Waals surface area contributed by atoms with Crippen LogP contribution in [0.4, 0.5) is 0 Å². The van der Waals surface area contributed by atoms with Gasteiger partial charge in [-0.1, -0.05) is 87.9 Å². The van der Waals surface area contributed by atoms with Crippen LogP contribution in [0.3, 0.4) is 0 Å². The number of benzene rings is 2. The van der Waals surface area contributed by atoms with Crippen LogP contribution in [0.25, 0.3) is 0 Å². The van der Waals surface area contributed by atoms with Crippen LogP contribution < -0.4 is 0 Å². The molecule has 0 radical (unpaired) electrons. The number of hydrogen-bond donors (Lipinski definition) is 2. The van der Waals surface area contributed by atoms with Crippen LogP contribution in [0.2, 0.25) is 0 Å². The lowest BCUT2D eigenvalue weighted by Gasteiger charge is -2.42. The quantitative estimate of drug-likeness (QED) is 0.170. The van der Waals surface area contributed by atoms with Gasteiger partial charge in [0.15, 0.2) is 11.8 Å². The number of aryl methyl sites for hydroxylation is 1. The number of Topliss-reactive ketones (excluding diaryl/α,β-unsaturated/α-hetero) is 1. The zero-order valence-electron chi connectivity index (χ0n) is 27.7. The van der Waals surface area contributed by atoms with Crippen molar-refractivity contribution in [3.8, 4) is 11.8 Å².